The van der Waals surface area contributed by atoms with Crippen LogP contribution < -0.4 is 0 Å². The highest BCUT2D eigenvalue weighted by molar-refractivity contribution is 5.84. The van der Waals surface area contributed by atoms with E-state index in [1.807, 2.05) is 27.7 Å². The van der Waals surface area contributed by atoms with Crippen molar-refractivity contribution in [1.82, 2.24) is 4.90 Å². The molecule has 4 nitrogen and oxygen atoms in total. The fourth-order valence-electron chi connectivity index (χ4n) is 2.59. The molecule has 0 aromatic rings. The van der Waals surface area contributed by atoms with Crippen molar-refractivity contribution in [2.75, 3.05) is 13.1 Å². The van der Waals surface area contributed by atoms with E-state index in [0.29, 0.717) is 25.9 Å². The Balaban J connectivity index is 2.81. The van der Waals surface area contributed by atoms with Crippen molar-refractivity contribution in [3.8, 4) is 0 Å². The van der Waals surface area contributed by atoms with Crippen LogP contribution in [0.1, 0.15) is 53.4 Å². The van der Waals surface area contributed by atoms with Gasteiger partial charge in [0.05, 0.1) is 5.41 Å². The number of carbonyl (C=O) groups is 2. The number of carbonyl (C=O) groups excluding carboxylic acids is 1. The summed E-state index contributed by atoms with van der Waals surface area (Å²) in [5.74, 6) is -0.668. The minimum absolute atomic E-state index is 0.0872. The van der Waals surface area contributed by atoms with Gasteiger partial charge in [-0.05, 0) is 19.3 Å². The first kappa shape index (κ1) is 15.0. The highest BCUT2D eigenvalue weighted by atomic mass is 16.4. The van der Waals surface area contributed by atoms with Crippen LogP contribution in [0.15, 0.2) is 0 Å². The van der Waals surface area contributed by atoms with Crippen LogP contribution in [0.4, 0.5) is 0 Å². The number of rotatable bonds is 5. The van der Waals surface area contributed by atoms with Gasteiger partial charge in [0.15, 0.2) is 0 Å². The van der Waals surface area contributed by atoms with Crippen molar-refractivity contribution in [2.45, 2.75) is 53.4 Å². The number of aliphatic carboxylic acids is 1. The van der Waals surface area contributed by atoms with E-state index in [1.165, 1.54) is 0 Å². The zero-order valence-electron chi connectivity index (χ0n) is 12.0. The van der Waals surface area contributed by atoms with Gasteiger partial charge in [0.25, 0.3) is 0 Å². The SMILES string of the molecule is CCCC1(C(=O)O)CCN(C(=O)C(C)(C)CC)C1. The molecule has 0 saturated carbocycles. The molecule has 0 aliphatic carbocycles. The maximum Gasteiger partial charge on any atom is 0.311 e. The Hall–Kier alpha value is -1.06. The standard InChI is InChI=1S/C14H25NO3/c1-5-7-14(12(17)18)8-9-15(10-14)11(16)13(3,4)6-2/h5-10H2,1-4H3,(H,17,18). The lowest BCUT2D eigenvalue weighted by Gasteiger charge is -2.30. The van der Waals surface area contributed by atoms with Crippen molar-refractivity contribution in [1.29, 1.82) is 0 Å². The first-order valence-corrected chi connectivity index (χ1v) is 6.82. The van der Waals surface area contributed by atoms with Crippen LogP contribution >= 0.6 is 0 Å². The maximum absolute atomic E-state index is 12.3. The largest absolute Gasteiger partial charge is 0.481 e. The number of nitrogens with zero attached hydrogens (tertiary/aromatic N) is 1. The predicted octanol–water partition coefficient (Wildman–Crippen LogP) is 2.53. The second kappa shape index (κ2) is 5.29. The molecule has 1 N–H and O–H groups in total. The Kier molecular flexibility index (Phi) is 4.41. The van der Waals surface area contributed by atoms with Crippen molar-refractivity contribution >= 4 is 11.9 Å². The van der Waals surface area contributed by atoms with E-state index >= 15 is 0 Å². The molecule has 1 aliphatic heterocycles. The van der Waals surface area contributed by atoms with Gasteiger partial charge >= 0.3 is 5.97 Å². The van der Waals surface area contributed by atoms with Gasteiger partial charge in [-0.1, -0.05) is 34.1 Å². The highest BCUT2D eigenvalue weighted by Gasteiger charge is 2.47. The predicted molar refractivity (Wildman–Crippen MR) is 70.2 cm³/mol. The summed E-state index contributed by atoms with van der Waals surface area (Å²) < 4.78 is 0. The molecule has 0 bridgehead atoms. The summed E-state index contributed by atoms with van der Waals surface area (Å²) in [4.78, 5) is 25.6. The quantitative estimate of drug-likeness (QED) is 0.821. The number of hydrogen-bond donors (Lipinski definition) is 1. The molecule has 1 amide bonds. The van der Waals surface area contributed by atoms with E-state index < -0.39 is 11.4 Å². The van der Waals surface area contributed by atoms with Crippen LogP contribution in [0.25, 0.3) is 0 Å². The van der Waals surface area contributed by atoms with Gasteiger partial charge in [-0.25, -0.2) is 0 Å². The third-order valence-electron chi connectivity index (χ3n) is 4.29. The zero-order valence-corrected chi connectivity index (χ0v) is 12.0. The fraction of sp³-hybridized carbons (Fsp3) is 0.857. The summed E-state index contributed by atoms with van der Waals surface area (Å²) in [5.41, 5.74) is -1.10. The van der Waals surface area contributed by atoms with Crippen LogP contribution in [-0.4, -0.2) is 35.0 Å². The average molecular weight is 255 g/mol. The molecule has 1 aliphatic rings. The summed E-state index contributed by atoms with van der Waals surface area (Å²) in [6.07, 6.45) is 2.85. The third-order valence-corrected chi connectivity index (χ3v) is 4.29. The Morgan fingerprint density at radius 1 is 1.33 bits per heavy atom. The van der Waals surface area contributed by atoms with Crippen molar-refractivity contribution in [3.63, 3.8) is 0 Å². The minimum atomic E-state index is -0.756. The molecule has 1 rings (SSSR count). The molecule has 1 fully saturated rings. The molecular formula is C14H25NO3. The van der Waals surface area contributed by atoms with Crippen LogP contribution in [-0.2, 0) is 9.59 Å². The molecule has 18 heavy (non-hydrogen) atoms. The molecule has 1 saturated heterocycles. The van der Waals surface area contributed by atoms with E-state index in [1.54, 1.807) is 4.90 Å². The first-order chi connectivity index (χ1) is 8.29. The number of carboxylic acids is 1. The van der Waals surface area contributed by atoms with Crippen LogP contribution in [0.5, 0.6) is 0 Å². The van der Waals surface area contributed by atoms with Gasteiger partial charge in [0.1, 0.15) is 0 Å². The van der Waals surface area contributed by atoms with Crippen molar-refractivity contribution in [2.24, 2.45) is 10.8 Å². The zero-order chi connectivity index (χ0) is 14.0. The lowest BCUT2D eigenvalue weighted by molar-refractivity contribution is -0.149. The number of likely N-dealkylation sites (tertiary alicyclic amines) is 1. The van der Waals surface area contributed by atoms with E-state index in [9.17, 15) is 14.7 Å². The summed E-state index contributed by atoms with van der Waals surface area (Å²) >= 11 is 0. The summed E-state index contributed by atoms with van der Waals surface area (Å²) in [5, 5.41) is 9.42. The second-order valence-electron chi connectivity index (χ2n) is 6.05. The lowest BCUT2D eigenvalue weighted by atomic mass is 9.82. The Bertz CT molecular complexity index is 338. The third kappa shape index (κ3) is 2.68. The van der Waals surface area contributed by atoms with E-state index in [2.05, 4.69) is 0 Å². The molecule has 0 spiro atoms. The number of amides is 1. The van der Waals surface area contributed by atoms with Crippen LogP contribution in [0.3, 0.4) is 0 Å². The average Bonchev–Trinajstić information content (AvgIpc) is 2.74. The van der Waals surface area contributed by atoms with Crippen molar-refractivity contribution < 1.29 is 14.7 Å². The number of hydrogen-bond acceptors (Lipinski definition) is 2. The van der Waals surface area contributed by atoms with Gasteiger partial charge < -0.3 is 10.0 Å². The number of carboxylic acid groups (broad SMARTS) is 1. The fourth-order valence-corrected chi connectivity index (χ4v) is 2.59. The van der Waals surface area contributed by atoms with E-state index in [-0.39, 0.29) is 11.3 Å². The summed E-state index contributed by atoms with van der Waals surface area (Å²) in [6.45, 7) is 8.79. The second-order valence-corrected chi connectivity index (χ2v) is 6.05. The molecule has 0 aromatic heterocycles. The molecular weight excluding hydrogens is 230 g/mol. The molecule has 0 radical (unpaired) electrons. The highest BCUT2D eigenvalue weighted by Crippen LogP contribution is 2.37. The van der Waals surface area contributed by atoms with Gasteiger partial charge in [-0.2, -0.15) is 0 Å². The monoisotopic (exact) mass is 255 g/mol. The summed E-state index contributed by atoms with van der Waals surface area (Å²) in [6, 6.07) is 0. The molecule has 104 valence electrons. The van der Waals surface area contributed by atoms with Gasteiger partial charge in [-0.3, -0.25) is 9.59 Å². The maximum atomic E-state index is 12.3. The lowest BCUT2D eigenvalue weighted by Crippen LogP contribution is -2.42. The van der Waals surface area contributed by atoms with E-state index in [0.717, 1.165) is 12.8 Å². The normalized spacial score (nSPS) is 24.3. The first-order valence-electron chi connectivity index (χ1n) is 6.82. The van der Waals surface area contributed by atoms with Crippen LogP contribution in [0, 0.1) is 10.8 Å². The molecule has 0 aromatic carbocycles. The topological polar surface area (TPSA) is 57.6 Å². The Morgan fingerprint density at radius 2 is 1.94 bits per heavy atom. The molecule has 1 unspecified atom stereocenters. The van der Waals surface area contributed by atoms with E-state index in [4.69, 9.17) is 0 Å². The van der Waals surface area contributed by atoms with Crippen LogP contribution in [0.2, 0.25) is 0 Å². The van der Waals surface area contributed by atoms with Gasteiger partial charge in [0, 0.05) is 18.5 Å². The summed E-state index contributed by atoms with van der Waals surface area (Å²) in [7, 11) is 0. The minimum Gasteiger partial charge on any atom is -0.481 e. The Morgan fingerprint density at radius 3 is 2.39 bits per heavy atom. The molecule has 4 heteroatoms. The smallest absolute Gasteiger partial charge is 0.311 e. The van der Waals surface area contributed by atoms with Gasteiger partial charge in [-0.15, -0.1) is 0 Å². The molecule has 1 heterocycles. The van der Waals surface area contributed by atoms with Gasteiger partial charge in [0.2, 0.25) is 5.91 Å². The molecule has 1 atom stereocenters. The van der Waals surface area contributed by atoms with Crippen molar-refractivity contribution in [3.05, 3.63) is 0 Å². The Labute approximate surface area is 109 Å².